The van der Waals surface area contributed by atoms with Crippen LogP contribution in [-0.2, 0) is 4.74 Å². The number of rotatable bonds is 2. The Morgan fingerprint density at radius 2 is 2.18 bits per heavy atom. The average Bonchev–Trinajstić information content (AvgIpc) is 2.28. The first kappa shape index (κ1) is 12.7. The van der Waals surface area contributed by atoms with Gasteiger partial charge in [0.05, 0.1) is 26.4 Å². The molecular formula is C13H18ClNO2. The van der Waals surface area contributed by atoms with Crippen LogP contribution in [0.25, 0.3) is 0 Å². The molecule has 1 heterocycles. The fraction of sp³-hybridized carbons (Fsp3) is 0.538. The van der Waals surface area contributed by atoms with Gasteiger partial charge in [-0.1, -0.05) is 11.6 Å². The van der Waals surface area contributed by atoms with Crippen molar-refractivity contribution in [3.63, 3.8) is 0 Å². The van der Waals surface area contributed by atoms with Gasteiger partial charge in [-0.2, -0.15) is 0 Å². The zero-order valence-corrected chi connectivity index (χ0v) is 11.2. The zero-order chi connectivity index (χ0) is 12.4. The van der Waals surface area contributed by atoms with E-state index in [4.69, 9.17) is 21.1 Å². The van der Waals surface area contributed by atoms with E-state index >= 15 is 0 Å². The minimum Gasteiger partial charge on any atom is -0.496 e. The molecule has 1 fully saturated rings. The second-order valence-electron chi connectivity index (χ2n) is 4.50. The average molecular weight is 256 g/mol. The summed E-state index contributed by atoms with van der Waals surface area (Å²) in [7, 11) is 1.69. The number of aryl methyl sites for hydroxylation is 1. The highest BCUT2D eigenvalue weighted by atomic mass is 35.5. The van der Waals surface area contributed by atoms with Gasteiger partial charge >= 0.3 is 0 Å². The Kier molecular flexibility index (Phi) is 3.92. The van der Waals surface area contributed by atoms with Crippen molar-refractivity contribution in [2.24, 2.45) is 0 Å². The SMILES string of the molecule is COc1c(C)cc(Cl)cc1C1COCC(C)N1. The molecule has 0 aromatic heterocycles. The lowest BCUT2D eigenvalue weighted by Crippen LogP contribution is -2.41. The van der Waals surface area contributed by atoms with E-state index in [0.717, 1.165) is 28.5 Å². The van der Waals surface area contributed by atoms with Gasteiger partial charge in [-0.15, -0.1) is 0 Å². The molecule has 1 aromatic carbocycles. The lowest BCUT2D eigenvalue weighted by molar-refractivity contribution is 0.0496. The van der Waals surface area contributed by atoms with Crippen LogP contribution >= 0.6 is 11.6 Å². The van der Waals surface area contributed by atoms with E-state index < -0.39 is 0 Å². The summed E-state index contributed by atoms with van der Waals surface area (Å²) in [6.07, 6.45) is 0. The van der Waals surface area contributed by atoms with Gasteiger partial charge in [-0.3, -0.25) is 0 Å². The van der Waals surface area contributed by atoms with Crippen molar-refractivity contribution >= 4 is 11.6 Å². The number of nitrogens with one attached hydrogen (secondary N) is 1. The third-order valence-corrected chi connectivity index (χ3v) is 3.20. The van der Waals surface area contributed by atoms with Gasteiger partial charge in [0.15, 0.2) is 0 Å². The number of hydrogen-bond donors (Lipinski definition) is 1. The molecule has 17 heavy (non-hydrogen) atoms. The van der Waals surface area contributed by atoms with Gasteiger partial charge in [-0.25, -0.2) is 0 Å². The molecule has 0 amide bonds. The largest absolute Gasteiger partial charge is 0.496 e. The molecular weight excluding hydrogens is 238 g/mol. The Bertz CT molecular complexity index is 409. The van der Waals surface area contributed by atoms with Crippen molar-refractivity contribution in [3.8, 4) is 5.75 Å². The van der Waals surface area contributed by atoms with Crippen molar-refractivity contribution in [2.45, 2.75) is 25.9 Å². The van der Waals surface area contributed by atoms with Crippen LogP contribution in [0.1, 0.15) is 24.1 Å². The molecule has 1 N–H and O–H groups in total. The van der Waals surface area contributed by atoms with E-state index in [1.807, 2.05) is 19.1 Å². The normalized spacial score (nSPS) is 24.7. The molecule has 0 saturated carbocycles. The molecule has 2 unspecified atom stereocenters. The van der Waals surface area contributed by atoms with E-state index in [1.165, 1.54) is 0 Å². The highest BCUT2D eigenvalue weighted by molar-refractivity contribution is 6.30. The first-order valence-electron chi connectivity index (χ1n) is 5.79. The Balaban J connectivity index is 2.35. The van der Waals surface area contributed by atoms with Crippen LogP contribution in [0.4, 0.5) is 0 Å². The minimum absolute atomic E-state index is 0.145. The molecule has 94 valence electrons. The molecule has 1 aliphatic heterocycles. The number of benzene rings is 1. The molecule has 0 aliphatic carbocycles. The maximum absolute atomic E-state index is 6.11. The maximum atomic E-state index is 6.11. The van der Waals surface area contributed by atoms with Crippen molar-refractivity contribution in [3.05, 3.63) is 28.3 Å². The number of methoxy groups -OCH3 is 1. The molecule has 3 nitrogen and oxygen atoms in total. The number of hydrogen-bond acceptors (Lipinski definition) is 3. The molecule has 1 aliphatic rings. The predicted octanol–water partition coefficient (Wildman–Crippen LogP) is 2.71. The fourth-order valence-electron chi connectivity index (χ4n) is 2.28. The molecule has 0 spiro atoms. The van der Waals surface area contributed by atoms with Crippen molar-refractivity contribution < 1.29 is 9.47 Å². The van der Waals surface area contributed by atoms with Crippen LogP contribution in [-0.4, -0.2) is 26.4 Å². The molecule has 2 rings (SSSR count). The van der Waals surface area contributed by atoms with E-state index in [2.05, 4.69) is 12.2 Å². The monoisotopic (exact) mass is 255 g/mol. The summed E-state index contributed by atoms with van der Waals surface area (Å²) >= 11 is 6.11. The van der Waals surface area contributed by atoms with Crippen molar-refractivity contribution in [1.82, 2.24) is 5.32 Å². The van der Waals surface area contributed by atoms with Crippen LogP contribution in [0.3, 0.4) is 0 Å². The second kappa shape index (κ2) is 5.25. The Labute approximate surface area is 107 Å². The summed E-state index contributed by atoms with van der Waals surface area (Å²) in [5.74, 6) is 0.893. The molecule has 1 aromatic rings. The first-order valence-corrected chi connectivity index (χ1v) is 6.17. The third-order valence-electron chi connectivity index (χ3n) is 2.99. The Morgan fingerprint density at radius 3 is 2.82 bits per heavy atom. The Hall–Kier alpha value is -0.770. The number of ether oxygens (including phenoxy) is 2. The zero-order valence-electron chi connectivity index (χ0n) is 10.4. The van der Waals surface area contributed by atoms with Crippen LogP contribution in [0.2, 0.25) is 5.02 Å². The highest BCUT2D eigenvalue weighted by Crippen LogP contribution is 2.33. The van der Waals surface area contributed by atoms with E-state index in [0.29, 0.717) is 12.6 Å². The summed E-state index contributed by atoms with van der Waals surface area (Å²) < 4.78 is 11.0. The van der Waals surface area contributed by atoms with Gasteiger partial charge in [0.2, 0.25) is 0 Å². The van der Waals surface area contributed by atoms with Crippen LogP contribution < -0.4 is 10.1 Å². The van der Waals surface area contributed by atoms with Crippen molar-refractivity contribution in [1.29, 1.82) is 0 Å². The summed E-state index contributed by atoms with van der Waals surface area (Å²) in [5.41, 5.74) is 2.12. The molecule has 4 heteroatoms. The summed E-state index contributed by atoms with van der Waals surface area (Å²) in [6.45, 7) is 5.51. The molecule has 0 radical (unpaired) electrons. The first-order chi connectivity index (χ1) is 8.11. The fourth-order valence-corrected chi connectivity index (χ4v) is 2.56. The molecule has 2 atom stereocenters. The quantitative estimate of drug-likeness (QED) is 0.882. The smallest absolute Gasteiger partial charge is 0.126 e. The summed E-state index contributed by atoms with van der Waals surface area (Å²) in [5, 5.41) is 4.23. The van der Waals surface area contributed by atoms with E-state index in [9.17, 15) is 0 Å². The third kappa shape index (κ3) is 2.73. The van der Waals surface area contributed by atoms with Crippen LogP contribution in [0, 0.1) is 6.92 Å². The van der Waals surface area contributed by atoms with Gasteiger partial charge in [-0.05, 0) is 31.5 Å². The summed E-state index contributed by atoms with van der Waals surface area (Å²) in [4.78, 5) is 0. The van der Waals surface area contributed by atoms with Gasteiger partial charge in [0, 0.05) is 16.6 Å². The van der Waals surface area contributed by atoms with Crippen LogP contribution in [0.5, 0.6) is 5.75 Å². The van der Waals surface area contributed by atoms with Gasteiger partial charge in [0.25, 0.3) is 0 Å². The summed E-state index contributed by atoms with van der Waals surface area (Å²) in [6, 6.07) is 4.35. The Morgan fingerprint density at radius 1 is 1.41 bits per heavy atom. The number of halogens is 1. The second-order valence-corrected chi connectivity index (χ2v) is 4.94. The van der Waals surface area contributed by atoms with E-state index in [1.54, 1.807) is 7.11 Å². The van der Waals surface area contributed by atoms with E-state index in [-0.39, 0.29) is 6.04 Å². The topological polar surface area (TPSA) is 30.5 Å². The van der Waals surface area contributed by atoms with Crippen LogP contribution in [0.15, 0.2) is 12.1 Å². The van der Waals surface area contributed by atoms with Crippen molar-refractivity contribution in [2.75, 3.05) is 20.3 Å². The minimum atomic E-state index is 0.145. The lowest BCUT2D eigenvalue weighted by atomic mass is 10.0. The molecule has 1 saturated heterocycles. The predicted molar refractivity (Wildman–Crippen MR) is 68.9 cm³/mol. The standard InChI is InChI=1S/C13H18ClNO2/c1-8-4-10(14)5-11(13(8)16-3)12-7-17-6-9(2)15-12/h4-5,9,12,15H,6-7H2,1-3H3. The van der Waals surface area contributed by atoms with Gasteiger partial charge in [0.1, 0.15) is 5.75 Å². The lowest BCUT2D eigenvalue weighted by Gasteiger charge is -2.30. The maximum Gasteiger partial charge on any atom is 0.126 e. The van der Waals surface area contributed by atoms with Gasteiger partial charge < -0.3 is 14.8 Å². The number of morpholine rings is 1. The molecule has 0 bridgehead atoms. The highest BCUT2D eigenvalue weighted by Gasteiger charge is 2.24.